The van der Waals surface area contributed by atoms with E-state index in [1.165, 1.54) is 0 Å². The third-order valence-corrected chi connectivity index (χ3v) is 6.23. The molecule has 0 saturated carbocycles. The summed E-state index contributed by atoms with van der Waals surface area (Å²) in [5, 5.41) is 18.7. The Balaban J connectivity index is 3.77. The van der Waals surface area contributed by atoms with Gasteiger partial charge < -0.3 is 29.2 Å². The highest BCUT2D eigenvalue weighted by Gasteiger charge is 2.23. The lowest BCUT2D eigenvalue weighted by molar-refractivity contribution is -0.207. The Morgan fingerprint density at radius 3 is 1.78 bits per heavy atom. The Bertz CT molecular complexity index is 481. The van der Waals surface area contributed by atoms with Crippen LogP contribution in [0.2, 0.25) is 0 Å². The van der Waals surface area contributed by atoms with E-state index in [1.54, 1.807) is 20.8 Å². The van der Waals surface area contributed by atoms with Gasteiger partial charge in [0.15, 0.2) is 31.5 Å². The summed E-state index contributed by atoms with van der Waals surface area (Å²) in [6.45, 7) is 8.20. The molecule has 6 atom stereocenters. The number of rotatable bonds is 23. The van der Waals surface area contributed by atoms with Gasteiger partial charge in [-0.2, -0.15) is 0 Å². The van der Waals surface area contributed by atoms with Crippen molar-refractivity contribution in [2.45, 2.75) is 78.2 Å². The van der Waals surface area contributed by atoms with E-state index in [0.29, 0.717) is 25.5 Å². The minimum atomic E-state index is -1.83. The molecule has 0 saturated heterocycles. The van der Waals surface area contributed by atoms with Gasteiger partial charge >= 0.3 is 16.1 Å². The van der Waals surface area contributed by atoms with Gasteiger partial charge in [-0.05, 0) is 62.5 Å². The molecule has 0 aromatic heterocycles. The van der Waals surface area contributed by atoms with Crippen molar-refractivity contribution in [1.82, 2.24) is 0 Å². The number of aliphatic hydroxyl groups excluding tert-OH is 2. The zero-order valence-electron chi connectivity index (χ0n) is 19.8. The van der Waals surface area contributed by atoms with E-state index in [4.69, 9.17) is 33.1 Å². The van der Waals surface area contributed by atoms with Crippen LogP contribution in [0.4, 0.5) is 0 Å². The molecule has 10 nitrogen and oxygen atoms in total. The summed E-state index contributed by atoms with van der Waals surface area (Å²) in [6, 6.07) is 0. The first-order valence-corrected chi connectivity index (χ1v) is 14.0. The summed E-state index contributed by atoms with van der Waals surface area (Å²) < 4.78 is 55.6. The van der Waals surface area contributed by atoms with Crippen molar-refractivity contribution in [2.75, 3.05) is 52.0 Å². The van der Waals surface area contributed by atoms with Crippen molar-refractivity contribution in [1.29, 1.82) is 0 Å². The van der Waals surface area contributed by atoms with Crippen LogP contribution >= 0.6 is 16.1 Å². The highest BCUT2D eigenvalue weighted by molar-refractivity contribution is 7.39. The number of hydrogen-bond donors (Lipinski definition) is 2. The Hall–Kier alpha value is -0.120. The third kappa shape index (κ3) is 20.5. The molecule has 0 spiro atoms. The summed E-state index contributed by atoms with van der Waals surface area (Å²) in [6.07, 6.45) is 1.61. The second-order valence-electron chi connectivity index (χ2n) is 7.24. The molecule has 2 N–H and O–H groups in total. The number of unbranched alkanes of at least 4 members (excludes halogenated alkanes) is 3. The van der Waals surface area contributed by atoms with Gasteiger partial charge in [0.1, 0.15) is 13.2 Å². The smallest absolute Gasteiger partial charge is 0.391 e. The molecule has 0 heterocycles. The van der Waals surface area contributed by atoms with E-state index in [-0.39, 0.29) is 32.5 Å². The SMILES string of the molecule is CCOC(O)COC(CO[P+](=O)CCCCCC[P+](=O)OCC(C)OCC(C)O)OCC. The zero-order chi connectivity index (χ0) is 24.2. The van der Waals surface area contributed by atoms with E-state index in [0.717, 1.165) is 25.7 Å². The van der Waals surface area contributed by atoms with Crippen molar-refractivity contribution in [3.63, 3.8) is 0 Å². The lowest BCUT2D eigenvalue weighted by Gasteiger charge is -2.17. The molecule has 0 rings (SSSR count). The Kier molecular flexibility index (Phi) is 21.3. The van der Waals surface area contributed by atoms with Gasteiger partial charge in [0, 0.05) is 13.2 Å². The molecule has 0 aliphatic heterocycles. The lowest BCUT2D eigenvalue weighted by Crippen LogP contribution is -2.28. The first-order chi connectivity index (χ1) is 15.3. The Labute approximate surface area is 194 Å². The fraction of sp³-hybridized carbons (Fsp3) is 1.00. The molecule has 12 heteroatoms. The van der Waals surface area contributed by atoms with Gasteiger partial charge in [0.2, 0.25) is 0 Å². The molecule has 0 aliphatic carbocycles. The summed E-state index contributed by atoms with van der Waals surface area (Å²) in [5.41, 5.74) is 0. The summed E-state index contributed by atoms with van der Waals surface area (Å²) in [4.78, 5) is 0. The molecule has 0 radical (unpaired) electrons. The van der Waals surface area contributed by atoms with Crippen molar-refractivity contribution < 1.29 is 47.3 Å². The molecule has 0 fully saturated rings. The van der Waals surface area contributed by atoms with Crippen LogP contribution in [0.15, 0.2) is 0 Å². The maximum absolute atomic E-state index is 12.0. The highest BCUT2D eigenvalue weighted by Crippen LogP contribution is 2.27. The molecule has 0 bridgehead atoms. The summed E-state index contributed by atoms with van der Waals surface area (Å²) in [7, 11) is -3.56. The van der Waals surface area contributed by atoms with Gasteiger partial charge in [0.25, 0.3) is 0 Å². The molecule has 0 aromatic carbocycles. The standard InChI is InChI=1S/C20H42O10P2/c1-5-25-19(22)15-28-20(26-6-2)16-30-32(24)12-10-8-7-9-11-31(23)29-14-18(4)27-13-17(3)21/h17-22H,5-16H2,1-4H3/q+2. The quantitative estimate of drug-likeness (QED) is 0.121. The molecule has 0 aliphatic rings. The topological polar surface area (TPSA) is 130 Å². The number of ether oxygens (including phenoxy) is 4. The Morgan fingerprint density at radius 1 is 0.688 bits per heavy atom. The van der Waals surface area contributed by atoms with Crippen molar-refractivity contribution in [2.24, 2.45) is 0 Å². The normalized spacial score (nSPS) is 16.4. The van der Waals surface area contributed by atoms with Crippen LogP contribution in [0.5, 0.6) is 0 Å². The Morgan fingerprint density at radius 2 is 1.25 bits per heavy atom. The van der Waals surface area contributed by atoms with E-state index in [2.05, 4.69) is 0 Å². The largest absolute Gasteiger partial charge is 0.508 e. The maximum atomic E-state index is 12.0. The van der Waals surface area contributed by atoms with Gasteiger partial charge in [-0.3, -0.25) is 0 Å². The van der Waals surface area contributed by atoms with Crippen molar-refractivity contribution in [3.8, 4) is 0 Å². The van der Waals surface area contributed by atoms with E-state index in [1.807, 2.05) is 6.92 Å². The summed E-state index contributed by atoms with van der Waals surface area (Å²) >= 11 is 0. The van der Waals surface area contributed by atoms with E-state index >= 15 is 0 Å². The predicted octanol–water partition coefficient (Wildman–Crippen LogP) is 3.58. The number of aliphatic hydroxyl groups is 2. The van der Waals surface area contributed by atoms with Gasteiger partial charge in [-0.25, -0.2) is 0 Å². The molecule has 0 aromatic rings. The average molecular weight is 504 g/mol. The fourth-order valence-corrected chi connectivity index (χ4v) is 4.29. The molecular formula is C20H42O10P2+2. The average Bonchev–Trinajstić information content (AvgIpc) is 2.75. The molecule has 190 valence electrons. The minimum absolute atomic E-state index is 0.0130. The van der Waals surface area contributed by atoms with E-state index < -0.39 is 34.7 Å². The van der Waals surface area contributed by atoms with Crippen LogP contribution in [-0.4, -0.2) is 87.0 Å². The van der Waals surface area contributed by atoms with Crippen LogP contribution in [0, 0.1) is 0 Å². The maximum Gasteiger partial charge on any atom is 0.508 e. The highest BCUT2D eigenvalue weighted by atomic mass is 31.1. The van der Waals surface area contributed by atoms with Gasteiger partial charge in [0.05, 0.1) is 18.8 Å². The first kappa shape index (κ1) is 31.9. The van der Waals surface area contributed by atoms with Crippen molar-refractivity contribution in [3.05, 3.63) is 0 Å². The predicted molar refractivity (Wildman–Crippen MR) is 121 cm³/mol. The van der Waals surface area contributed by atoms with E-state index in [9.17, 15) is 14.2 Å². The molecular weight excluding hydrogens is 462 g/mol. The van der Waals surface area contributed by atoms with Crippen LogP contribution < -0.4 is 0 Å². The van der Waals surface area contributed by atoms with Crippen LogP contribution in [0.25, 0.3) is 0 Å². The molecule has 0 amide bonds. The lowest BCUT2D eigenvalue weighted by atomic mass is 10.2. The monoisotopic (exact) mass is 504 g/mol. The van der Waals surface area contributed by atoms with Crippen LogP contribution in [-0.2, 0) is 37.1 Å². The van der Waals surface area contributed by atoms with Crippen LogP contribution in [0.3, 0.4) is 0 Å². The number of hydrogen-bond acceptors (Lipinski definition) is 10. The zero-order valence-corrected chi connectivity index (χ0v) is 21.6. The minimum Gasteiger partial charge on any atom is -0.391 e. The molecule has 32 heavy (non-hydrogen) atoms. The third-order valence-electron chi connectivity index (χ3n) is 4.00. The van der Waals surface area contributed by atoms with Crippen LogP contribution in [0.1, 0.15) is 53.4 Å². The van der Waals surface area contributed by atoms with Gasteiger partial charge in [-0.1, -0.05) is 0 Å². The second kappa shape index (κ2) is 21.4. The second-order valence-corrected chi connectivity index (χ2v) is 9.98. The van der Waals surface area contributed by atoms with Crippen molar-refractivity contribution >= 4 is 16.1 Å². The van der Waals surface area contributed by atoms with Gasteiger partial charge in [-0.15, -0.1) is 9.05 Å². The summed E-state index contributed by atoms with van der Waals surface area (Å²) in [5.74, 6) is 0. The molecule has 6 unspecified atom stereocenters. The first-order valence-electron chi connectivity index (χ1n) is 11.3. The fourth-order valence-electron chi connectivity index (χ4n) is 2.41.